The summed E-state index contributed by atoms with van der Waals surface area (Å²) in [6, 6.07) is 7.09. The second kappa shape index (κ2) is 5.73. The molecule has 0 amide bonds. The van der Waals surface area contributed by atoms with Gasteiger partial charge in [-0.3, -0.25) is 0 Å². The lowest BCUT2D eigenvalue weighted by molar-refractivity contribution is 0.559. The molecule has 2 heterocycles. The summed E-state index contributed by atoms with van der Waals surface area (Å²) < 4.78 is 5.20. The van der Waals surface area contributed by atoms with E-state index in [1.165, 1.54) is 12.3 Å². The second-order valence-corrected chi connectivity index (χ2v) is 4.96. The summed E-state index contributed by atoms with van der Waals surface area (Å²) in [5.74, 6) is 0.209. The van der Waals surface area contributed by atoms with Gasteiger partial charge in [-0.25, -0.2) is 4.79 Å². The average molecular weight is 308 g/mol. The van der Waals surface area contributed by atoms with Crippen LogP contribution < -0.4 is 10.9 Å². The number of anilines is 1. The van der Waals surface area contributed by atoms with Gasteiger partial charge in [0.25, 0.3) is 0 Å². The van der Waals surface area contributed by atoms with E-state index in [1.807, 2.05) is 26.0 Å². The first-order valence-corrected chi connectivity index (χ1v) is 6.74. The van der Waals surface area contributed by atoms with Crippen molar-refractivity contribution in [2.45, 2.75) is 13.8 Å². The minimum Gasteiger partial charge on any atom is -0.423 e. The van der Waals surface area contributed by atoms with Crippen molar-refractivity contribution in [3.8, 4) is 6.07 Å². The van der Waals surface area contributed by atoms with Gasteiger partial charge >= 0.3 is 5.63 Å². The van der Waals surface area contributed by atoms with Gasteiger partial charge in [0, 0.05) is 23.3 Å². The van der Waals surface area contributed by atoms with Crippen molar-refractivity contribution in [1.82, 2.24) is 20.6 Å². The lowest BCUT2D eigenvalue weighted by Crippen LogP contribution is -2.00. The van der Waals surface area contributed by atoms with Crippen LogP contribution >= 0.6 is 0 Å². The van der Waals surface area contributed by atoms with Gasteiger partial charge in [0.2, 0.25) is 5.82 Å². The van der Waals surface area contributed by atoms with E-state index in [1.54, 1.807) is 6.07 Å². The maximum absolute atomic E-state index is 11.4. The summed E-state index contributed by atoms with van der Waals surface area (Å²) in [4.78, 5) is 11.4. The number of tetrazole rings is 1. The van der Waals surface area contributed by atoms with Crippen LogP contribution in [-0.4, -0.2) is 20.6 Å². The Kier molecular flexibility index (Phi) is 3.60. The van der Waals surface area contributed by atoms with E-state index in [0.717, 1.165) is 22.2 Å². The van der Waals surface area contributed by atoms with Crippen molar-refractivity contribution in [3.63, 3.8) is 0 Å². The van der Waals surface area contributed by atoms with E-state index in [4.69, 9.17) is 9.68 Å². The minimum absolute atomic E-state index is 0.209. The smallest absolute Gasteiger partial charge is 0.336 e. The number of aromatic amines is 1. The van der Waals surface area contributed by atoms with Gasteiger partial charge in [0.1, 0.15) is 17.2 Å². The van der Waals surface area contributed by atoms with Gasteiger partial charge in [-0.2, -0.15) is 10.5 Å². The summed E-state index contributed by atoms with van der Waals surface area (Å²) in [6.07, 6.45) is 1.51. The van der Waals surface area contributed by atoms with Crippen molar-refractivity contribution in [3.05, 3.63) is 51.8 Å². The Morgan fingerprint density at radius 1 is 1.35 bits per heavy atom. The lowest BCUT2D eigenvalue weighted by Gasteiger charge is -2.09. The largest absolute Gasteiger partial charge is 0.423 e. The van der Waals surface area contributed by atoms with Crippen LogP contribution in [0, 0.1) is 25.2 Å². The zero-order valence-corrected chi connectivity index (χ0v) is 12.4. The van der Waals surface area contributed by atoms with Gasteiger partial charge < -0.3 is 9.73 Å². The molecule has 0 radical (unpaired) electrons. The van der Waals surface area contributed by atoms with E-state index in [2.05, 4.69) is 25.9 Å². The van der Waals surface area contributed by atoms with E-state index >= 15 is 0 Å². The van der Waals surface area contributed by atoms with Gasteiger partial charge in [-0.05, 0) is 42.3 Å². The molecule has 0 aliphatic heterocycles. The monoisotopic (exact) mass is 308 g/mol. The summed E-state index contributed by atoms with van der Waals surface area (Å²) >= 11 is 0. The number of allylic oxidation sites excluding steroid dienone is 1. The number of nitrogens with zero attached hydrogens (tertiary/aromatic N) is 4. The summed E-state index contributed by atoms with van der Waals surface area (Å²) in [7, 11) is 0. The molecule has 1 aromatic carbocycles. The number of hydrogen-bond acceptors (Lipinski definition) is 7. The molecule has 23 heavy (non-hydrogen) atoms. The molecule has 0 saturated carbocycles. The first kappa shape index (κ1) is 14.5. The number of fused-ring (bicyclic) bond motifs is 1. The predicted molar refractivity (Wildman–Crippen MR) is 83.3 cm³/mol. The molecule has 0 bridgehead atoms. The number of aryl methyl sites for hydroxylation is 2. The lowest BCUT2D eigenvalue weighted by atomic mass is 10.1. The topological polar surface area (TPSA) is 120 Å². The fourth-order valence-corrected chi connectivity index (χ4v) is 2.19. The molecule has 0 fully saturated rings. The van der Waals surface area contributed by atoms with Crippen LogP contribution in [0.25, 0.3) is 16.5 Å². The number of rotatable bonds is 3. The van der Waals surface area contributed by atoms with E-state index < -0.39 is 0 Å². The third-order valence-corrected chi connectivity index (χ3v) is 3.38. The molecule has 0 atom stereocenters. The number of aromatic nitrogens is 4. The normalized spacial score (nSPS) is 11.4. The Balaban J connectivity index is 2.02. The maximum atomic E-state index is 11.4. The molecule has 0 saturated heterocycles. The molecule has 8 nitrogen and oxygen atoms in total. The molecule has 114 valence electrons. The maximum Gasteiger partial charge on any atom is 0.336 e. The van der Waals surface area contributed by atoms with E-state index in [-0.39, 0.29) is 17.0 Å². The van der Waals surface area contributed by atoms with Crippen LogP contribution in [0.2, 0.25) is 0 Å². The number of H-pyrrole nitrogens is 1. The molecule has 0 aliphatic rings. The summed E-state index contributed by atoms with van der Waals surface area (Å²) in [5.41, 5.74) is 2.87. The third-order valence-electron chi connectivity index (χ3n) is 3.38. The number of hydrogen-bond donors (Lipinski definition) is 2. The van der Waals surface area contributed by atoms with Crippen molar-refractivity contribution >= 4 is 22.2 Å². The molecular weight excluding hydrogens is 296 g/mol. The zero-order chi connectivity index (χ0) is 16.4. The molecule has 0 aliphatic carbocycles. The van der Waals surface area contributed by atoms with Gasteiger partial charge in [0.05, 0.1) is 0 Å². The predicted octanol–water partition coefficient (Wildman–Crippen LogP) is 1.90. The van der Waals surface area contributed by atoms with Crippen LogP contribution in [0.4, 0.5) is 5.69 Å². The van der Waals surface area contributed by atoms with Crippen molar-refractivity contribution < 1.29 is 4.42 Å². The molecule has 3 aromatic rings. The average Bonchev–Trinajstić information content (AvgIpc) is 3.02. The quantitative estimate of drug-likeness (QED) is 0.560. The molecule has 0 spiro atoms. The first-order chi connectivity index (χ1) is 11.1. The van der Waals surface area contributed by atoms with Crippen molar-refractivity contribution in [2.75, 3.05) is 5.32 Å². The Hall–Kier alpha value is -3.47. The number of benzene rings is 1. The molecule has 8 heteroatoms. The van der Waals surface area contributed by atoms with Crippen LogP contribution in [0.15, 0.2) is 33.6 Å². The summed E-state index contributed by atoms with van der Waals surface area (Å²) in [6.45, 7) is 3.71. The van der Waals surface area contributed by atoms with Crippen LogP contribution in [0.1, 0.15) is 17.0 Å². The standard InChI is InChI=1S/C15H12N6O2/c1-8-4-14(22)23-13-3-9(2)12(5-11(8)13)17-7-10(6-16)15-18-20-21-19-15/h3-5,7,17H,1-2H3,(H,18,19,20,21). The van der Waals surface area contributed by atoms with Crippen LogP contribution in [0.5, 0.6) is 0 Å². The van der Waals surface area contributed by atoms with Gasteiger partial charge in [-0.1, -0.05) is 0 Å². The fraction of sp³-hybridized carbons (Fsp3) is 0.133. The Morgan fingerprint density at radius 2 is 2.17 bits per heavy atom. The Morgan fingerprint density at radius 3 is 2.87 bits per heavy atom. The zero-order valence-electron chi connectivity index (χ0n) is 12.4. The van der Waals surface area contributed by atoms with E-state index in [0.29, 0.717) is 5.58 Å². The van der Waals surface area contributed by atoms with E-state index in [9.17, 15) is 4.79 Å². The second-order valence-electron chi connectivity index (χ2n) is 4.96. The first-order valence-electron chi connectivity index (χ1n) is 6.74. The van der Waals surface area contributed by atoms with Crippen LogP contribution in [0.3, 0.4) is 0 Å². The molecule has 3 rings (SSSR count). The van der Waals surface area contributed by atoms with Crippen molar-refractivity contribution in [1.29, 1.82) is 5.26 Å². The molecule has 2 aromatic heterocycles. The fourth-order valence-electron chi connectivity index (χ4n) is 2.19. The number of nitriles is 1. The van der Waals surface area contributed by atoms with Crippen LogP contribution in [-0.2, 0) is 0 Å². The molecule has 2 N–H and O–H groups in total. The minimum atomic E-state index is -0.376. The highest BCUT2D eigenvalue weighted by molar-refractivity contribution is 5.86. The van der Waals surface area contributed by atoms with Gasteiger partial charge in [-0.15, -0.1) is 10.2 Å². The summed E-state index contributed by atoms with van der Waals surface area (Å²) in [5, 5.41) is 26.3. The highest BCUT2D eigenvalue weighted by Crippen LogP contribution is 2.25. The van der Waals surface area contributed by atoms with Gasteiger partial charge in [0.15, 0.2) is 0 Å². The third kappa shape index (κ3) is 2.80. The Bertz CT molecular complexity index is 995. The molecular formula is C15H12N6O2. The SMILES string of the molecule is Cc1cc2oc(=O)cc(C)c2cc1NC=C(C#N)c1nn[nH]n1. The Labute approximate surface area is 130 Å². The number of nitrogens with one attached hydrogen (secondary N) is 2. The van der Waals surface area contributed by atoms with Crippen molar-refractivity contribution in [2.24, 2.45) is 0 Å². The highest BCUT2D eigenvalue weighted by atomic mass is 16.4. The molecule has 0 unspecified atom stereocenters. The highest BCUT2D eigenvalue weighted by Gasteiger charge is 2.08.